The maximum atomic E-state index is 4.03. The van der Waals surface area contributed by atoms with E-state index in [0.717, 1.165) is 5.33 Å². The Morgan fingerprint density at radius 1 is 1.64 bits per heavy atom. The minimum atomic E-state index is 0.890. The predicted octanol–water partition coefficient (Wildman–Crippen LogP) is 2.80. The zero-order chi connectivity index (χ0) is 8.10. The molecule has 0 spiro atoms. The highest BCUT2D eigenvalue weighted by molar-refractivity contribution is 9.09. The third-order valence-corrected chi connectivity index (χ3v) is 1.84. The third kappa shape index (κ3) is 2.46. The number of alkyl halides is 1. The van der Waals surface area contributed by atoms with Crippen molar-refractivity contribution in [2.45, 2.75) is 6.92 Å². The molecule has 0 atom stereocenters. The van der Waals surface area contributed by atoms with Gasteiger partial charge in [0.2, 0.25) is 0 Å². The Balaban J connectivity index is 2.86. The number of hydrogen-bond acceptors (Lipinski definition) is 1. The molecular formula is C9H10BrN. The Kier molecular flexibility index (Phi) is 3.30. The molecule has 0 bridgehead atoms. The van der Waals surface area contributed by atoms with E-state index in [2.05, 4.69) is 40.0 Å². The minimum Gasteiger partial charge on any atom is -0.264 e. The molecule has 2 heteroatoms. The zero-order valence-electron chi connectivity index (χ0n) is 6.42. The number of aryl methyl sites for hydroxylation is 1. The van der Waals surface area contributed by atoms with E-state index in [1.807, 2.05) is 12.3 Å². The van der Waals surface area contributed by atoms with E-state index in [4.69, 9.17) is 0 Å². The van der Waals surface area contributed by atoms with Crippen LogP contribution in [-0.2, 0) is 0 Å². The van der Waals surface area contributed by atoms with Gasteiger partial charge in [-0.15, -0.1) is 0 Å². The van der Waals surface area contributed by atoms with Crippen LogP contribution in [0.2, 0.25) is 0 Å². The van der Waals surface area contributed by atoms with Crippen molar-refractivity contribution in [3.63, 3.8) is 0 Å². The predicted molar refractivity (Wildman–Crippen MR) is 51.8 cm³/mol. The first-order chi connectivity index (χ1) is 5.34. The summed E-state index contributed by atoms with van der Waals surface area (Å²) < 4.78 is 0. The third-order valence-electron chi connectivity index (χ3n) is 1.47. The van der Waals surface area contributed by atoms with Crippen LogP contribution in [0, 0.1) is 6.92 Å². The van der Waals surface area contributed by atoms with E-state index in [1.54, 1.807) is 6.20 Å². The summed E-state index contributed by atoms with van der Waals surface area (Å²) >= 11 is 3.32. The van der Waals surface area contributed by atoms with Crippen LogP contribution in [0.15, 0.2) is 24.5 Å². The number of rotatable bonds is 2. The summed E-state index contributed by atoms with van der Waals surface area (Å²) in [5.41, 5.74) is 2.45. The number of nitrogens with zero attached hydrogens (tertiary/aromatic N) is 1. The average molecular weight is 212 g/mol. The molecule has 0 aromatic carbocycles. The van der Waals surface area contributed by atoms with Crippen molar-refractivity contribution in [3.05, 3.63) is 35.7 Å². The van der Waals surface area contributed by atoms with E-state index < -0.39 is 0 Å². The van der Waals surface area contributed by atoms with Crippen LogP contribution in [-0.4, -0.2) is 10.3 Å². The average Bonchev–Trinajstić information content (AvgIpc) is 2.03. The molecule has 1 aromatic heterocycles. The SMILES string of the molecule is Cc1ccncc1C=CCBr. The molecule has 58 valence electrons. The highest BCUT2D eigenvalue weighted by Crippen LogP contribution is 2.06. The smallest absolute Gasteiger partial charge is 0.0342 e. The van der Waals surface area contributed by atoms with Crippen molar-refractivity contribution < 1.29 is 0 Å². The monoisotopic (exact) mass is 211 g/mol. The fourth-order valence-corrected chi connectivity index (χ4v) is 1.01. The maximum absolute atomic E-state index is 4.03. The Morgan fingerprint density at radius 3 is 3.09 bits per heavy atom. The number of allylic oxidation sites excluding steroid dienone is 1. The van der Waals surface area contributed by atoms with Gasteiger partial charge in [-0.2, -0.15) is 0 Å². The van der Waals surface area contributed by atoms with Crippen LogP contribution < -0.4 is 0 Å². The molecule has 0 radical (unpaired) electrons. The molecule has 0 aliphatic carbocycles. The largest absolute Gasteiger partial charge is 0.264 e. The molecule has 1 nitrogen and oxygen atoms in total. The van der Waals surface area contributed by atoms with Crippen LogP contribution in [0.4, 0.5) is 0 Å². The van der Waals surface area contributed by atoms with E-state index in [0.29, 0.717) is 0 Å². The summed E-state index contributed by atoms with van der Waals surface area (Å²) in [6.45, 7) is 2.08. The van der Waals surface area contributed by atoms with Gasteiger partial charge < -0.3 is 0 Å². The van der Waals surface area contributed by atoms with Gasteiger partial charge in [0.1, 0.15) is 0 Å². The van der Waals surface area contributed by atoms with Crippen LogP contribution >= 0.6 is 15.9 Å². The Hall–Kier alpha value is -0.630. The van der Waals surface area contributed by atoms with Gasteiger partial charge in [0.25, 0.3) is 0 Å². The zero-order valence-corrected chi connectivity index (χ0v) is 8.01. The molecule has 0 aliphatic heterocycles. The van der Waals surface area contributed by atoms with Gasteiger partial charge in [0.05, 0.1) is 0 Å². The molecule has 11 heavy (non-hydrogen) atoms. The molecule has 0 unspecified atom stereocenters. The van der Waals surface area contributed by atoms with Crippen molar-refractivity contribution in [2.75, 3.05) is 5.33 Å². The summed E-state index contributed by atoms with van der Waals surface area (Å²) in [6, 6.07) is 2.01. The lowest BCUT2D eigenvalue weighted by atomic mass is 10.1. The molecule has 0 amide bonds. The van der Waals surface area contributed by atoms with Gasteiger partial charge in [0.15, 0.2) is 0 Å². The van der Waals surface area contributed by atoms with Gasteiger partial charge in [-0.25, -0.2) is 0 Å². The van der Waals surface area contributed by atoms with E-state index in [1.165, 1.54) is 11.1 Å². The molecule has 0 fully saturated rings. The second-order valence-electron chi connectivity index (χ2n) is 2.29. The Morgan fingerprint density at radius 2 is 2.45 bits per heavy atom. The molecule has 0 saturated carbocycles. The first kappa shape index (κ1) is 8.47. The van der Waals surface area contributed by atoms with Crippen molar-refractivity contribution in [3.8, 4) is 0 Å². The van der Waals surface area contributed by atoms with Crippen molar-refractivity contribution >= 4 is 22.0 Å². The Labute approximate surface area is 75.3 Å². The van der Waals surface area contributed by atoms with Crippen LogP contribution in [0.3, 0.4) is 0 Å². The molecule has 0 aliphatic rings. The fourth-order valence-electron chi connectivity index (χ4n) is 0.822. The second-order valence-corrected chi connectivity index (χ2v) is 2.94. The minimum absolute atomic E-state index is 0.890. The van der Waals surface area contributed by atoms with Crippen molar-refractivity contribution in [1.29, 1.82) is 0 Å². The van der Waals surface area contributed by atoms with Gasteiger partial charge in [-0.05, 0) is 24.1 Å². The topological polar surface area (TPSA) is 12.9 Å². The number of hydrogen-bond donors (Lipinski definition) is 0. The molecule has 1 heterocycles. The molecule has 0 saturated heterocycles. The van der Waals surface area contributed by atoms with Crippen molar-refractivity contribution in [1.82, 2.24) is 4.98 Å². The van der Waals surface area contributed by atoms with Crippen LogP contribution in [0.5, 0.6) is 0 Å². The highest BCUT2D eigenvalue weighted by Gasteiger charge is 1.89. The molecular weight excluding hydrogens is 202 g/mol. The lowest BCUT2D eigenvalue weighted by molar-refractivity contribution is 1.27. The van der Waals surface area contributed by atoms with Gasteiger partial charge >= 0.3 is 0 Å². The first-order valence-corrected chi connectivity index (χ1v) is 4.60. The van der Waals surface area contributed by atoms with Crippen LogP contribution in [0.1, 0.15) is 11.1 Å². The summed E-state index contributed by atoms with van der Waals surface area (Å²) in [5.74, 6) is 0. The maximum Gasteiger partial charge on any atom is 0.0342 e. The first-order valence-electron chi connectivity index (χ1n) is 3.47. The van der Waals surface area contributed by atoms with Gasteiger partial charge in [-0.1, -0.05) is 28.1 Å². The van der Waals surface area contributed by atoms with Crippen molar-refractivity contribution in [2.24, 2.45) is 0 Å². The summed E-state index contributed by atoms with van der Waals surface area (Å²) in [5, 5.41) is 0.890. The summed E-state index contributed by atoms with van der Waals surface area (Å²) in [7, 11) is 0. The van der Waals surface area contributed by atoms with Gasteiger partial charge in [0, 0.05) is 17.7 Å². The van der Waals surface area contributed by atoms with E-state index >= 15 is 0 Å². The lowest BCUT2D eigenvalue weighted by Crippen LogP contribution is -1.80. The van der Waals surface area contributed by atoms with E-state index in [-0.39, 0.29) is 0 Å². The van der Waals surface area contributed by atoms with Crippen LogP contribution in [0.25, 0.3) is 6.08 Å². The standard InChI is InChI=1S/C9H10BrN/c1-8-4-6-11-7-9(8)3-2-5-10/h2-4,6-7H,5H2,1H3. The van der Waals surface area contributed by atoms with E-state index in [9.17, 15) is 0 Å². The lowest BCUT2D eigenvalue weighted by Gasteiger charge is -1.95. The quantitative estimate of drug-likeness (QED) is 0.687. The number of pyridine rings is 1. The normalized spacial score (nSPS) is 10.7. The molecule has 1 aromatic rings. The molecule has 1 rings (SSSR count). The second kappa shape index (κ2) is 4.29. The number of aromatic nitrogens is 1. The summed E-state index contributed by atoms with van der Waals surface area (Å²) in [4.78, 5) is 4.03. The Bertz CT molecular complexity index is 255. The fraction of sp³-hybridized carbons (Fsp3) is 0.222. The summed E-state index contributed by atoms with van der Waals surface area (Å²) in [6.07, 6.45) is 7.80. The highest BCUT2D eigenvalue weighted by atomic mass is 79.9. The van der Waals surface area contributed by atoms with Gasteiger partial charge in [-0.3, -0.25) is 4.98 Å². The number of halogens is 1. The molecule has 0 N–H and O–H groups in total.